The maximum absolute atomic E-state index is 8.76. The molecule has 1 aliphatic carbocycles. The number of allylic oxidation sites excluding steroid dienone is 1. The lowest BCUT2D eigenvalue weighted by Crippen LogP contribution is -2.41. The Hall–Kier alpha value is -1.83. The minimum atomic E-state index is -0.675. The molecular weight excluding hydrogens is 268 g/mol. The minimum absolute atomic E-state index is 0.562. The molecule has 1 fully saturated rings. The summed E-state index contributed by atoms with van der Waals surface area (Å²) in [5.74, 6) is 1.89. The minimum Gasteiger partial charge on any atom is -0.221 e. The summed E-state index contributed by atoms with van der Waals surface area (Å²) in [5, 5.41) is 0. The maximum atomic E-state index is 8.76. The molecule has 0 spiro atoms. The molecule has 2 aromatic rings. The third-order valence-corrected chi connectivity index (χ3v) is 5.32. The Morgan fingerprint density at radius 1 is 1.18 bits per heavy atom. The van der Waals surface area contributed by atoms with E-state index in [9.17, 15) is 0 Å². The van der Waals surface area contributed by atoms with Crippen LogP contribution in [0.1, 0.15) is 68.7 Å². The molecule has 1 aliphatic heterocycles. The number of nitrogens with zero attached hydrogens (tertiary/aromatic N) is 2. The van der Waals surface area contributed by atoms with Gasteiger partial charge in [-0.25, -0.2) is 4.57 Å². The van der Waals surface area contributed by atoms with E-state index in [1.165, 1.54) is 54.1 Å². The smallest absolute Gasteiger partial charge is 0.221 e. The van der Waals surface area contributed by atoms with Gasteiger partial charge in [-0.15, -0.1) is 0 Å². The molecule has 0 saturated heterocycles. The van der Waals surface area contributed by atoms with Gasteiger partial charge in [0.25, 0.3) is 5.82 Å². The molecule has 1 aromatic carbocycles. The molecule has 1 aromatic heterocycles. The van der Waals surface area contributed by atoms with Crippen molar-refractivity contribution in [2.75, 3.05) is 0 Å². The van der Waals surface area contributed by atoms with Crippen LogP contribution < -0.4 is 4.57 Å². The van der Waals surface area contributed by atoms with E-state index in [-0.39, 0.29) is 0 Å². The Labute approximate surface area is 134 Å². The van der Waals surface area contributed by atoms with Gasteiger partial charge in [-0.3, -0.25) is 0 Å². The molecule has 1 unspecified atom stereocenters. The highest BCUT2D eigenvalue weighted by atomic mass is 15.2. The van der Waals surface area contributed by atoms with E-state index in [0.29, 0.717) is 5.92 Å². The molecule has 2 aliphatic rings. The van der Waals surface area contributed by atoms with Gasteiger partial charge in [0, 0.05) is 6.92 Å². The van der Waals surface area contributed by atoms with Crippen molar-refractivity contribution in [3.05, 3.63) is 53.1 Å². The van der Waals surface area contributed by atoms with Crippen LogP contribution in [0.4, 0.5) is 0 Å². The third-order valence-electron chi connectivity index (χ3n) is 5.32. The van der Waals surface area contributed by atoms with Crippen molar-refractivity contribution in [1.82, 2.24) is 4.57 Å². The van der Waals surface area contributed by atoms with Crippen LogP contribution in [0.15, 0.2) is 30.3 Å². The SMILES string of the molecule is [2H]C1(C)C=Cc2c(C)n(-c3ccccc3C)c(C3CCCC3)[n+]21. The number of aromatic nitrogens is 2. The molecule has 0 radical (unpaired) electrons. The highest BCUT2D eigenvalue weighted by Gasteiger charge is 2.38. The lowest BCUT2D eigenvalue weighted by molar-refractivity contribution is -0.714. The van der Waals surface area contributed by atoms with Crippen LogP contribution in [0, 0.1) is 13.8 Å². The average molecular weight is 294 g/mol. The molecule has 0 N–H and O–H groups in total. The van der Waals surface area contributed by atoms with Crippen LogP contribution in [0.25, 0.3) is 11.8 Å². The highest BCUT2D eigenvalue weighted by Crippen LogP contribution is 2.37. The molecular formula is C20H25N2+. The molecule has 2 heteroatoms. The van der Waals surface area contributed by atoms with Gasteiger partial charge in [0.15, 0.2) is 11.4 Å². The van der Waals surface area contributed by atoms with Gasteiger partial charge in [-0.2, -0.15) is 4.57 Å². The van der Waals surface area contributed by atoms with Crippen molar-refractivity contribution in [3.8, 4) is 5.69 Å². The number of aryl methyl sites for hydroxylation is 1. The summed E-state index contributed by atoms with van der Waals surface area (Å²) >= 11 is 0. The first-order chi connectivity index (χ1) is 11.0. The van der Waals surface area contributed by atoms with Gasteiger partial charge in [0.2, 0.25) is 0 Å². The number of imidazole rings is 1. The van der Waals surface area contributed by atoms with E-state index < -0.39 is 6.02 Å². The molecule has 2 heterocycles. The molecule has 2 nitrogen and oxygen atoms in total. The van der Waals surface area contributed by atoms with E-state index in [2.05, 4.69) is 53.3 Å². The number of fused-ring (bicyclic) bond motifs is 1. The van der Waals surface area contributed by atoms with Crippen LogP contribution in [0.2, 0.25) is 0 Å². The summed E-state index contributed by atoms with van der Waals surface area (Å²) in [7, 11) is 0. The van der Waals surface area contributed by atoms with Crippen molar-refractivity contribution < 1.29 is 5.94 Å². The summed E-state index contributed by atoms with van der Waals surface area (Å²) < 4.78 is 13.5. The normalized spacial score (nSPS) is 24.8. The van der Waals surface area contributed by atoms with Crippen LogP contribution in [0.3, 0.4) is 0 Å². The molecule has 1 atom stereocenters. The second kappa shape index (κ2) is 5.12. The van der Waals surface area contributed by atoms with Gasteiger partial charge in [-0.05, 0) is 50.5 Å². The number of hydrogen-bond acceptors (Lipinski definition) is 0. The highest BCUT2D eigenvalue weighted by molar-refractivity contribution is 5.52. The zero-order valence-corrected chi connectivity index (χ0v) is 13.8. The molecule has 1 saturated carbocycles. The number of hydrogen-bond donors (Lipinski definition) is 0. The average Bonchev–Trinajstić information content (AvgIpc) is 3.19. The Balaban J connectivity index is 2.03. The second-order valence-electron chi connectivity index (χ2n) is 6.74. The Bertz CT molecular complexity index is 792. The molecule has 22 heavy (non-hydrogen) atoms. The van der Waals surface area contributed by atoms with E-state index in [4.69, 9.17) is 1.37 Å². The molecule has 4 rings (SSSR count). The van der Waals surface area contributed by atoms with Crippen molar-refractivity contribution >= 4 is 6.08 Å². The van der Waals surface area contributed by atoms with Crippen LogP contribution in [0.5, 0.6) is 0 Å². The Morgan fingerprint density at radius 2 is 1.91 bits per heavy atom. The van der Waals surface area contributed by atoms with E-state index in [0.717, 1.165) is 0 Å². The Kier molecular flexibility index (Phi) is 2.95. The lowest BCUT2D eigenvalue weighted by Gasteiger charge is -2.13. The molecule has 0 bridgehead atoms. The van der Waals surface area contributed by atoms with Crippen molar-refractivity contribution in [2.24, 2.45) is 0 Å². The quantitative estimate of drug-likeness (QED) is 0.714. The number of benzene rings is 1. The van der Waals surface area contributed by atoms with Crippen molar-refractivity contribution in [2.45, 2.75) is 58.4 Å². The maximum Gasteiger partial charge on any atom is 0.265 e. The fourth-order valence-electron chi connectivity index (χ4n) is 4.18. The number of para-hydroxylation sites is 1. The summed E-state index contributed by atoms with van der Waals surface area (Å²) in [5.41, 5.74) is 5.01. The van der Waals surface area contributed by atoms with Crippen molar-refractivity contribution in [1.29, 1.82) is 0 Å². The van der Waals surface area contributed by atoms with Gasteiger partial charge in [-0.1, -0.05) is 31.0 Å². The van der Waals surface area contributed by atoms with E-state index >= 15 is 0 Å². The Morgan fingerprint density at radius 3 is 2.64 bits per heavy atom. The summed E-state index contributed by atoms with van der Waals surface area (Å²) in [6, 6.07) is 7.93. The summed E-state index contributed by atoms with van der Waals surface area (Å²) in [6.45, 7) is 6.38. The first-order valence-electron chi connectivity index (χ1n) is 8.93. The van der Waals surface area contributed by atoms with Gasteiger partial charge >= 0.3 is 0 Å². The monoisotopic (exact) mass is 294 g/mol. The zero-order valence-electron chi connectivity index (χ0n) is 14.8. The predicted octanol–water partition coefficient (Wildman–Crippen LogP) is 4.63. The predicted molar refractivity (Wildman–Crippen MR) is 90.4 cm³/mol. The second-order valence-corrected chi connectivity index (χ2v) is 6.74. The fraction of sp³-hybridized carbons (Fsp3) is 0.450. The number of rotatable bonds is 2. The first kappa shape index (κ1) is 12.7. The van der Waals surface area contributed by atoms with Crippen LogP contribution in [-0.4, -0.2) is 4.57 Å². The standard InChI is InChI=1S/C20H25N2/c1-14-8-4-7-11-18(14)22-16(3)19-13-12-15(2)21(19)20(22)17-9-5-6-10-17/h4,7-8,11-13,15,17H,5-6,9-10H2,1-3H3/q+1/i15D. The fourth-order valence-corrected chi connectivity index (χ4v) is 4.18. The lowest BCUT2D eigenvalue weighted by atomic mass is 10.1. The third kappa shape index (κ3) is 1.89. The van der Waals surface area contributed by atoms with Crippen LogP contribution >= 0.6 is 0 Å². The topological polar surface area (TPSA) is 8.81 Å². The van der Waals surface area contributed by atoms with Crippen molar-refractivity contribution in [3.63, 3.8) is 0 Å². The first-order valence-corrected chi connectivity index (χ1v) is 8.43. The summed E-state index contributed by atoms with van der Waals surface area (Å²) in [4.78, 5) is 0. The van der Waals surface area contributed by atoms with E-state index in [1.807, 2.05) is 13.0 Å². The summed E-state index contributed by atoms with van der Waals surface area (Å²) in [6.07, 6.45) is 9.25. The van der Waals surface area contributed by atoms with Gasteiger partial charge in [0.05, 0.1) is 7.29 Å². The largest absolute Gasteiger partial charge is 0.265 e. The van der Waals surface area contributed by atoms with Gasteiger partial charge < -0.3 is 0 Å². The molecule has 0 amide bonds. The van der Waals surface area contributed by atoms with E-state index in [1.54, 1.807) is 0 Å². The van der Waals surface area contributed by atoms with Gasteiger partial charge in [0.1, 0.15) is 11.7 Å². The zero-order chi connectivity index (χ0) is 16.2. The van der Waals surface area contributed by atoms with Crippen LogP contribution in [-0.2, 0) is 0 Å². The molecule has 114 valence electrons.